The van der Waals surface area contributed by atoms with E-state index in [4.69, 9.17) is 16.3 Å². The normalized spacial score (nSPS) is 16.7. The van der Waals surface area contributed by atoms with Gasteiger partial charge in [0.15, 0.2) is 5.75 Å². The molecule has 1 aromatic heterocycles. The molecule has 158 valence electrons. The number of fused-ring (bicyclic) bond motifs is 2. The Bertz CT molecular complexity index is 926. The van der Waals surface area contributed by atoms with Gasteiger partial charge in [0.1, 0.15) is 5.56 Å². The zero-order valence-electron chi connectivity index (χ0n) is 16.9. The van der Waals surface area contributed by atoms with Crippen molar-refractivity contribution in [2.45, 2.75) is 57.4 Å². The molecule has 0 spiro atoms. The van der Waals surface area contributed by atoms with Crippen molar-refractivity contribution >= 4 is 29.1 Å². The minimum Gasteiger partial charge on any atom is -0.436 e. The highest BCUT2D eigenvalue weighted by Gasteiger charge is 2.29. The van der Waals surface area contributed by atoms with Gasteiger partial charge in [-0.1, -0.05) is 37.3 Å². The van der Waals surface area contributed by atoms with E-state index in [-0.39, 0.29) is 23.7 Å². The first-order valence-electron chi connectivity index (χ1n) is 10.7. The Morgan fingerprint density at radius 1 is 1.20 bits per heavy atom. The maximum Gasteiger partial charge on any atom is 0.263 e. The van der Waals surface area contributed by atoms with E-state index in [1.54, 1.807) is 41.4 Å². The van der Waals surface area contributed by atoms with Crippen LogP contribution in [0.4, 0.5) is 5.69 Å². The van der Waals surface area contributed by atoms with E-state index in [0.29, 0.717) is 41.4 Å². The van der Waals surface area contributed by atoms with Crippen LogP contribution in [0.3, 0.4) is 0 Å². The number of rotatable bonds is 5. The summed E-state index contributed by atoms with van der Waals surface area (Å²) in [5.41, 5.74) is 0.988. The topological polar surface area (TPSA) is 71.5 Å². The largest absolute Gasteiger partial charge is 0.436 e. The molecular formula is C23H26ClN3O3. The third kappa shape index (κ3) is 4.75. The number of nitrogens with zero attached hydrogens (tertiary/aromatic N) is 2. The molecule has 1 aliphatic carbocycles. The van der Waals surface area contributed by atoms with Crippen molar-refractivity contribution in [1.29, 1.82) is 0 Å². The number of ether oxygens (including phenoxy) is 1. The Hall–Kier alpha value is -2.60. The summed E-state index contributed by atoms with van der Waals surface area (Å²) in [6, 6.07) is 8.86. The lowest BCUT2D eigenvalue weighted by atomic mass is 10.1. The van der Waals surface area contributed by atoms with Gasteiger partial charge in [-0.2, -0.15) is 0 Å². The van der Waals surface area contributed by atoms with E-state index in [0.717, 1.165) is 12.8 Å². The van der Waals surface area contributed by atoms with Crippen LogP contribution in [0.1, 0.15) is 61.7 Å². The summed E-state index contributed by atoms with van der Waals surface area (Å²) in [5.74, 6) is 0.643. The number of amides is 2. The van der Waals surface area contributed by atoms with Crippen molar-refractivity contribution in [3.05, 3.63) is 47.1 Å². The van der Waals surface area contributed by atoms with Crippen LogP contribution in [0.15, 0.2) is 36.5 Å². The fourth-order valence-corrected chi connectivity index (χ4v) is 4.29. The lowest BCUT2D eigenvalue weighted by molar-refractivity contribution is -0.121. The predicted octanol–water partition coefficient (Wildman–Crippen LogP) is 5.11. The minimum atomic E-state index is -0.205. The van der Waals surface area contributed by atoms with Gasteiger partial charge in [-0.05, 0) is 49.6 Å². The van der Waals surface area contributed by atoms with E-state index in [1.807, 2.05) is 0 Å². The van der Waals surface area contributed by atoms with Crippen LogP contribution in [0.5, 0.6) is 11.6 Å². The summed E-state index contributed by atoms with van der Waals surface area (Å²) < 4.78 is 5.89. The molecule has 0 bridgehead atoms. The van der Waals surface area contributed by atoms with E-state index in [1.165, 1.54) is 25.7 Å². The molecule has 0 saturated heterocycles. The van der Waals surface area contributed by atoms with Crippen LogP contribution in [0.2, 0.25) is 5.02 Å². The molecule has 2 aliphatic rings. The lowest BCUT2D eigenvalue weighted by Crippen LogP contribution is -2.36. The number of pyridine rings is 1. The molecule has 6 nitrogen and oxygen atoms in total. The standard InChI is InChI=1S/C23H26ClN3O3/c24-16-11-12-20-19(15-16)27(23(29)18-9-5-13-25-22(18)30-20)14-6-10-21(28)26-17-7-3-1-2-4-8-17/h5,9,11-13,15,17H,1-4,6-8,10,14H2,(H,26,28). The summed E-state index contributed by atoms with van der Waals surface area (Å²) in [6.45, 7) is 0.391. The Kier molecular flexibility index (Phi) is 6.53. The van der Waals surface area contributed by atoms with Crippen molar-refractivity contribution in [3.63, 3.8) is 0 Å². The van der Waals surface area contributed by atoms with Gasteiger partial charge in [0.25, 0.3) is 5.91 Å². The van der Waals surface area contributed by atoms with Gasteiger partial charge in [0.05, 0.1) is 5.69 Å². The molecule has 1 aliphatic heterocycles. The zero-order valence-corrected chi connectivity index (χ0v) is 17.7. The SMILES string of the molecule is O=C(CCCN1C(=O)c2cccnc2Oc2ccc(Cl)cc21)NC1CCCCCC1. The van der Waals surface area contributed by atoms with Gasteiger partial charge in [-0.3, -0.25) is 9.59 Å². The van der Waals surface area contributed by atoms with Gasteiger partial charge in [0, 0.05) is 30.2 Å². The maximum absolute atomic E-state index is 13.2. The number of benzene rings is 1. The lowest BCUT2D eigenvalue weighted by Gasteiger charge is -2.22. The van der Waals surface area contributed by atoms with Gasteiger partial charge >= 0.3 is 0 Å². The molecule has 0 atom stereocenters. The number of hydrogen-bond donors (Lipinski definition) is 1. The maximum atomic E-state index is 13.2. The van der Waals surface area contributed by atoms with Crippen LogP contribution in [-0.4, -0.2) is 29.4 Å². The molecule has 2 heterocycles. The fraction of sp³-hybridized carbons (Fsp3) is 0.435. The molecule has 2 amide bonds. The second-order valence-corrected chi connectivity index (χ2v) is 8.32. The monoisotopic (exact) mass is 427 g/mol. The van der Waals surface area contributed by atoms with E-state index >= 15 is 0 Å². The first-order valence-corrected chi connectivity index (χ1v) is 11.0. The highest BCUT2D eigenvalue weighted by atomic mass is 35.5. The summed E-state index contributed by atoms with van der Waals surface area (Å²) >= 11 is 6.19. The van der Waals surface area contributed by atoms with Crippen molar-refractivity contribution in [1.82, 2.24) is 10.3 Å². The highest BCUT2D eigenvalue weighted by Crippen LogP contribution is 2.39. The van der Waals surface area contributed by atoms with Crippen molar-refractivity contribution < 1.29 is 14.3 Å². The summed E-state index contributed by atoms with van der Waals surface area (Å²) in [4.78, 5) is 31.5. The Morgan fingerprint density at radius 3 is 2.80 bits per heavy atom. The number of carbonyl (C=O) groups is 2. The highest BCUT2D eigenvalue weighted by molar-refractivity contribution is 6.31. The molecular weight excluding hydrogens is 402 g/mol. The van der Waals surface area contributed by atoms with E-state index < -0.39 is 0 Å². The second kappa shape index (κ2) is 9.47. The van der Waals surface area contributed by atoms with Gasteiger partial charge in [0.2, 0.25) is 11.8 Å². The Balaban J connectivity index is 1.45. The van der Waals surface area contributed by atoms with Crippen molar-refractivity contribution in [2.24, 2.45) is 0 Å². The Labute approximate surface area is 181 Å². The molecule has 1 saturated carbocycles. The number of aromatic nitrogens is 1. The van der Waals surface area contributed by atoms with Gasteiger partial charge < -0.3 is 15.0 Å². The summed E-state index contributed by atoms with van der Waals surface area (Å²) in [5, 5.41) is 3.68. The van der Waals surface area contributed by atoms with E-state index in [9.17, 15) is 9.59 Å². The number of nitrogens with one attached hydrogen (secondary N) is 1. The molecule has 4 rings (SSSR count). The van der Waals surface area contributed by atoms with Crippen molar-refractivity contribution in [3.8, 4) is 11.6 Å². The van der Waals surface area contributed by atoms with Gasteiger partial charge in [-0.15, -0.1) is 0 Å². The fourth-order valence-electron chi connectivity index (χ4n) is 4.12. The number of carbonyl (C=O) groups excluding carboxylic acids is 2. The van der Waals surface area contributed by atoms with Crippen molar-refractivity contribution in [2.75, 3.05) is 11.4 Å². The van der Waals surface area contributed by atoms with Crippen LogP contribution in [0.25, 0.3) is 0 Å². The average Bonchev–Trinajstić information content (AvgIpc) is 3.06. The molecule has 30 heavy (non-hydrogen) atoms. The quantitative estimate of drug-likeness (QED) is 0.673. The Morgan fingerprint density at radius 2 is 2.00 bits per heavy atom. The molecule has 1 aromatic carbocycles. The first-order chi connectivity index (χ1) is 14.6. The predicted molar refractivity (Wildman–Crippen MR) is 116 cm³/mol. The van der Waals surface area contributed by atoms with E-state index in [2.05, 4.69) is 10.3 Å². The van der Waals surface area contributed by atoms with Crippen LogP contribution in [-0.2, 0) is 4.79 Å². The average molecular weight is 428 g/mol. The second-order valence-electron chi connectivity index (χ2n) is 7.89. The minimum absolute atomic E-state index is 0.0498. The molecule has 2 aromatic rings. The zero-order chi connectivity index (χ0) is 20.9. The molecule has 1 N–H and O–H groups in total. The van der Waals surface area contributed by atoms with Gasteiger partial charge in [-0.25, -0.2) is 4.98 Å². The van der Waals surface area contributed by atoms with Crippen LogP contribution >= 0.6 is 11.6 Å². The number of anilines is 1. The van der Waals surface area contributed by atoms with Crippen LogP contribution in [0, 0.1) is 0 Å². The molecule has 0 unspecified atom stereocenters. The molecule has 1 fully saturated rings. The third-order valence-electron chi connectivity index (χ3n) is 5.67. The molecule has 7 heteroatoms. The van der Waals surface area contributed by atoms with Crippen LogP contribution < -0.4 is 15.0 Å². The third-order valence-corrected chi connectivity index (χ3v) is 5.91. The number of hydrogen-bond acceptors (Lipinski definition) is 4. The first kappa shape index (κ1) is 20.7. The smallest absolute Gasteiger partial charge is 0.263 e. The molecule has 0 radical (unpaired) electrons. The summed E-state index contributed by atoms with van der Waals surface area (Å²) in [6.07, 6.45) is 9.49. The summed E-state index contributed by atoms with van der Waals surface area (Å²) in [7, 11) is 0. The number of halogens is 1.